The number of aromatic nitrogens is 3. The molecule has 5 nitrogen and oxygen atoms in total. The van der Waals surface area contributed by atoms with Gasteiger partial charge in [0.25, 0.3) is 0 Å². The van der Waals surface area contributed by atoms with E-state index < -0.39 is 0 Å². The molecule has 3 rings (SSSR count). The molecule has 2 aromatic heterocycles. The standard InChI is InChI=1S/C15H16BrClN4O/c16-12-7-19-15(20-8-12)21-5-2-11(3-6-21)10-22-14-1-4-18-9-13(14)17/h1,4,7-9,11H,2-3,5-6,10H2. The summed E-state index contributed by atoms with van der Waals surface area (Å²) in [7, 11) is 0. The molecule has 1 saturated heterocycles. The molecule has 22 heavy (non-hydrogen) atoms. The van der Waals surface area contributed by atoms with Crippen molar-refractivity contribution >= 4 is 33.5 Å². The van der Waals surface area contributed by atoms with Crippen LogP contribution in [0.4, 0.5) is 5.95 Å². The van der Waals surface area contributed by atoms with E-state index in [0.29, 0.717) is 23.3 Å². The van der Waals surface area contributed by atoms with Crippen LogP contribution in [0.1, 0.15) is 12.8 Å². The molecule has 1 fully saturated rings. The number of nitrogens with zero attached hydrogens (tertiary/aromatic N) is 4. The molecule has 116 valence electrons. The third kappa shape index (κ3) is 3.87. The van der Waals surface area contributed by atoms with E-state index in [1.165, 1.54) is 0 Å². The van der Waals surface area contributed by atoms with Gasteiger partial charge in [0.2, 0.25) is 5.95 Å². The minimum atomic E-state index is 0.524. The Morgan fingerprint density at radius 2 is 1.95 bits per heavy atom. The summed E-state index contributed by atoms with van der Waals surface area (Å²) in [6, 6.07) is 1.80. The molecule has 0 saturated carbocycles. The minimum absolute atomic E-state index is 0.524. The quantitative estimate of drug-likeness (QED) is 0.807. The Bertz CT molecular complexity index is 617. The van der Waals surface area contributed by atoms with Crippen LogP contribution in [0.15, 0.2) is 35.3 Å². The second-order valence-corrected chi connectivity index (χ2v) is 6.57. The van der Waals surface area contributed by atoms with Crippen LogP contribution in [0.3, 0.4) is 0 Å². The first-order chi connectivity index (χ1) is 10.7. The zero-order chi connectivity index (χ0) is 15.4. The van der Waals surface area contributed by atoms with Gasteiger partial charge in [0.05, 0.1) is 11.1 Å². The summed E-state index contributed by atoms with van der Waals surface area (Å²) in [4.78, 5) is 14.9. The van der Waals surface area contributed by atoms with E-state index >= 15 is 0 Å². The van der Waals surface area contributed by atoms with Crippen LogP contribution in [-0.4, -0.2) is 34.6 Å². The van der Waals surface area contributed by atoms with Gasteiger partial charge in [-0.1, -0.05) is 11.6 Å². The van der Waals surface area contributed by atoms with E-state index in [2.05, 4.69) is 35.8 Å². The lowest BCUT2D eigenvalue weighted by molar-refractivity contribution is 0.222. The number of rotatable bonds is 4. The lowest BCUT2D eigenvalue weighted by Gasteiger charge is -2.31. The van der Waals surface area contributed by atoms with E-state index in [4.69, 9.17) is 16.3 Å². The van der Waals surface area contributed by atoms with Gasteiger partial charge >= 0.3 is 0 Å². The Hall–Kier alpha value is -1.40. The number of pyridine rings is 1. The van der Waals surface area contributed by atoms with Gasteiger partial charge in [-0.3, -0.25) is 4.98 Å². The van der Waals surface area contributed by atoms with E-state index in [1.54, 1.807) is 30.9 Å². The molecule has 1 aliphatic heterocycles. The first kappa shape index (κ1) is 15.5. The van der Waals surface area contributed by atoms with E-state index in [-0.39, 0.29) is 0 Å². The molecule has 7 heteroatoms. The summed E-state index contributed by atoms with van der Waals surface area (Å²) in [6.07, 6.45) is 8.97. The normalized spacial score (nSPS) is 15.8. The predicted molar refractivity (Wildman–Crippen MR) is 89.4 cm³/mol. The summed E-state index contributed by atoms with van der Waals surface area (Å²) in [5, 5.41) is 0.559. The van der Waals surface area contributed by atoms with Gasteiger partial charge in [-0.15, -0.1) is 0 Å². The van der Waals surface area contributed by atoms with Crippen molar-refractivity contribution in [1.29, 1.82) is 0 Å². The predicted octanol–water partition coefficient (Wildman–Crippen LogP) is 3.58. The van der Waals surface area contributed by atoms with Gasteiger partial charge in [-0.2, -0.15) is 0 Å². The van der Waals surface area contributed by atoms with Gasteiger partial charge in [0, 0.05) is 43.9 Å². The van der Waals surface area contributed by atoms with Gasteiger partial charge in [0.1, 0.15) is 10.8 Å². The van der Waals surface area contributed by atoms with Crippen molar-refractivity contribution in [1.82, 2.24) is 15.0 Å². The fourth-order valence-corrected chi connectivity index (χ4v) is 2.83. The SMILES string of the molecule is Clc1cnccc1OCC1CCN(c2ncc(Br)cn2)CC1. The first-order valence-electron chi connectivity index (χ1n) is 7.17. The molecule has 0 unspecified atom stereocenters. The Morgan fingerprint density at radius 1 is 1.23 bits per heavy atom. The van der Waals surface area contributed by atoms with Gasteiger partial charge < -0.3 is 9.64 Å². The molecule has 0 atom stereocenters. The first-order valence-corrected chi connectivity index (χ1v) is 8.34. The Kier molecular flexibility index (Phi) is 5.10. The van der Waals surface area contributed by atoms with Crippen LogP contribution in [-0.2, 0) is 0 Å². The zero-order valence-electron chi connectivity index (χ0n) is 12.0. The maximum absolute atomic E-state index is 6.04. The highest BCUT2D eigenvalue weighted by Crippen LogP contribution is 2.25. The van der Waals surface area contributed by atoms with Crippen molar-refractivity contribution in [3.8, 4) is 5.75 Å². The molecule has 0 spiro atoms. The highest BCUT2D eigenvalue weighted by Gasteiger charge is 2.21. The van der Waals surface area contributed by atoms with Crippen molar-refractivity contribution in [2.75, 3.05) is 24.6 Å². The van der Waals surface area contributed by atoms with Crippen LogP contribution in [0, 0.1) is 5.92 Å². The summed E-state index contributed by atoms with van der Waals surface area (Å²) in [5.74, 6) is 2.02. The van der Waals surface area contributed by atoms with Crippen LogP contribution in [0.25, 0.3) is 0 Å². The van der Waals surface area contributed by atoms with Crippen molar-refractivity contribution < 1.29 is 4.74 Å². The third-order valence-corrected chi connectivity index (χ3v) is 4.41. The third-order valence-electron chi connectivity index (χ3n) is 3.71. The lowest BCUT2D eigenvalue weighted by Crippen LogP contribution is -2.36. The second-order valence-electron chi connectivity index (χ2n) is 5.25. The molecule has 1 aliphatic rings. The molecule has 0 bridgehead atoms. The van der Waals surface area contributed by atoms with Crippen molar-refractivity contribution in [3.63, 3.8) is 0 Å². The minimum Gasteiger partial charge on any atom is -0.492 e. The highest BCUT2D eigenvalue weighted by atomic mass is 79.9. The molecular formula is C15H16BrClN4O. The monoisotopic (exact) mass is 382 g/mol. The average molecular weight is 384 g/mol. The van der Waals surface area contributed by atoms with Gasteiger partial charge in [-0.25, -0.2) is 9.97 Å². The van der Waals surface area contributed by atoms with Crippen molar-refractivity contribution in [3.05, 3.63) is 40.3 Å². The van der Waals surface area contributed by atoms with E-state index in [0.717, 1.165) is 36.4 Å². The molecule has 0 aliphatic carbocycles. The molecule has 0 aromatic carbocycles. The Morgan fingerprint density at radius 3 is 2.64 bits per heavy atom. The Balaban J connectivity index is 1.49. The van der Waals surface area contributed by atoms with Crippen LogP contribution < -0.4 is 9.64 Å². The fourth-order valence-electron chi connectivity index (χ4n) is 2.46. The zero-order valence-corrected chi connectivity index (χ0v) is 14.3. The number of ether oxygens (including phenoxy) is 1. The van der Waals surface area contributed by atoms with Crippen molar-refractivity contribution in [2.24, 2.45) is 5.92 Å². The number of hydrogen-bond donors (Lipinski definition) is 0. The lowest BCUT2D eigenvalue weighted by atomic mass is 9.98. The van der Waals surface area contributed by atoms with Crippen LogP contribution in [0.5, 0.6) is 5.75 Å². The molecule has 3 heterocycles. The molecule has 0 amide bonds. The number of halogens is 2. The van der Waals surface area contributed by atoms with Crippen molar-refractivity contribution in [2.45, 2.75) is 12.8 Å². The molecular weight excluding hydrogens is 368 g/mol. The van der Waals surface area contributed by atoms with E-state index in [9.17, 15) is 0 Å². The van der Waals surface area contributed by atoms with Crippen LogP contribution >= 0.6 is 27.5 Å². The molecule has 2 aromatic rings. The molecule has 0 N–H and O–H groups in total. The highest BCUT2D eigenvalue weighted by molar-refractivity contribution is 9.10. The topological polar surface area (TPSA) is 51.1 Å². The maximum Gasteiger partial charge on any atom is 0.225 e. The second kappa shape index (κ2) is 7.24. The fraction of sp³-hybridized carbons (Fsp3) is 0.400. The summed E-state index contributed by atoms with van der Waals surface area (Å²) in [6.45, 7) is 2.57. The van der Waals surface area contributed by atoms with Gasteiger partial charge in [0.15, 0.2) is 0 Å². The maximum atomic E-state index is 6.04. The number of hydrogen-bond acceptors (Lipinski definition) is 5. The molecule has 0 radical (unpaired) electrons. The summed E-state index contributed by atoms with van der Waals surface area (Å²) in [5.41, 5.74) is 0. The largest absolute Gasteiger partial charge is 0.492 e. The smallest absolute Gasteiger partial charge is 0.225 e. The van der Waals surface area contributed by atoms with E-state index in [1.807, 2.05) is 0 Å². The number of anilines is 1. The summed E-state index contributed by atoms with van der Waals surface area (Å²) < 4.78 is 6.70. The number of piperidine rings is 1. The Labute approximate surface area is 142 Å². The summed E-state index contributed by atoms with van der Waals surface area (Å²) >= 11 is 9.39. The average Bonchev–Trinajstić information content (AvgIpc) is 2.55. The van der Waals surface area contributed by atoms with Gasteiger partial charge in [-0.05, 0) is 34.7 Å². The van der Waals surface area contributed by atoms with Crippen LogP contribution in [0.2, 0.25) is 5.02 Å².